The summed E-state index contributed by atoms with van der Waals surface area (Å²) in [5, 5.41) is 0. The van der Waals surface area contributed by atoms with Gasteiger partial charge in [-0.05, 0) is 54.7 Å². The van der Waals surface area contributed by atoms with Crippen LogP contribution in [0, 0.1) is 28.6 Å². The largest absolute Gasteiger partial charge is 0.454 e. The number of hydrogen-bond donors (Lipinski definition) is 0. The Morgan fingerprint density at radius 2 is 1.85 bits per heavy atom. The zero-order chi connectivity index (χ0) is 18.9. The van der Waals surface area contributed by atoms with Gasteiger partial charge in [0.2, 0.25) is 0 Å². The molecule has 3 fully saturated rings. The summed E-state index contributed by atoms with van der Waals surface area (Å²) in [6.07, 6.45) is 15.5. The summed E-state index contributed by atoms with van der Waals surface area (Å²) in [5.41, 5.74) is 1.41. The van der Waals surface area contributed by atoms with Gasteiger partial charge in [0, 0.05) is 24.2 Å². The van der Waals surface area contributed by atoms with Crippen LogP contribution in [0.3, 0.4) is 0 Å². The first-order valence-corrected chi connectivity index (χ1v) is 10.4. The van der Waals surface area contributed by atoms with E-state index in [2.05, 4.69) is 44.2 Å². The number of esters is 1. The van der Waals surface area contributed by atoms with Gasteiger partial charge < -0.3 is 14.2 Å². The number of carbonyl (C=O) groups excluding carboxylic acids is 1. The molecule has 5 rings (SSSR count). The summed E-state index contributed by atoms with van der Waals surface area (Å²) in [5.74, 6) is 1.15. The highest BCUT2D eigenvalue weighted by atomic mass is 16.7. The summed E-state index contributed by atoms with van der Waals surface area (Å²) < 4.78 is 17.8. The van der Waals surface area contributed by atoms with Gasteiger partial charge in [-0.3, -0.25) is 4.79 Å². The SMILES string of the molecule is CC(=O)OC1C=C[C@@]2(C)C(=C1)C=CC1C2CC[C@@]2(C)C1CCC21OCCO1. The maximum Gasteiger partial charge on any atom is 0.303 e. The van der Waals surface area contributed by atoms with Gasteiger partial charge >= 0.3 is 5.97 Å². The van der Waals surface area contributed by atoms with E-state index in [4.69, 9.17) is 14.2 Å². The average Bonchev–Trinajstić information content (AvgIpc) is 3.21. The van der Waals surface area contributed by atoms with Crippen LogP contribution in [-0.2, 0) is 19.0 Å². The molecular weight excluding hydrogens is 340 g/mol. The average molecular weight is 370 g/mol. The van der Waals surface area contributed by atoms with E-state index in [1.54, 1.807) is 0 Å². The van der Waals surface area contributed by atoms with Gasteiger partial charge in [0.15, 0.2) is 5.79 Å². The monoisotopic (exact) mass is 370 g/mol. The van der Waals surface area contributed by atoms with E-state index < -0.39 is 0 Å². The molecule has 0 N–H and O–H groups in total. The number of hydrogen-bond acceptors (Lipinski definition) is 4. The van der Waals surface area contributed by atoms with E-state index in [1.807, 2.05) is 0 Å². The number of allylic oxidation sites excluding steroid dienone is 4. The van der Waals surface area contributed by atoms with Crippen molar-refractivity contribution in [3.63, 3.8) is 0 Å². The van der Waals surface area contributed by atoms with Crippen molar-refractivity contribution in [2.75, 3.05) is 13.2 Å². The molecule has 2 saturated carbocycles. The summed E-state index contributed by atoms with van der Waals surface area (Å²) in [6.45, 7) is 7.70. The van der Waals surface area contributed by atoms with Crippen molar-refractivity contribution in [3.8, 4) is 0 Å². The van der Waals surface area contributed by atoms with E-state index in [0.29, 0.717) is 17.8 Å². The molecule has 1 aliphatic heterocycles. The van der Waals surface area contributed by atoms with Crippen molar-refractivity contribution in [3.05, 3.63) is 36.0 Å². The molecule has 1 saturated heterocycles. The molecule has 4 unspecified atom stereocenters. The Bertz CT molecular complexity index is 743. The van der Waals surface area contributed by atoms with Crippen LogP contribution in [0.25, 0.3) is 0 Å². The first-order chi connectivity index (χ1) is 12.9. The Morgan fingerprint density at radius 1 is 1.11 bits per heavy atom. The highest BCUT2D eigenvalue weighted by Crippen LogP contribution is 2.67. The lowest BCUT2D eigenvalue weighted by Gasteiger charge is -2.56. The molecule has 146 valence electrons. The van der Waals surface area contributed by atoms with Gasteiger partial charge in [0.25, 0.3) is 0 Å². The maximum absolute atomic E-state index is 11.3. The molecule has 0 aromatic carbocycles. The highest BCUT2D eigenvalue weighted by molar-refractivity contribution is 5.66. The molecule has 0 bridgehead atoms. The van der Waals surface area contributed by atoms with Crippen LogP contribution in [-0.4, -0.2) is 31.1 Å². The maximum atomic E-state index is 11.3. The van der Waals surface area contributed by atoms with Gasteiger partial charge in [-0.15, -0.1) is 0 Å². The fourth-order valence-electron chi connectivity index (χ4n) is 6.91. The minimum atomic E-state index is -0.351. The quantitative estimate of drug-likeness (QED) is 0.513. The molecule has 4 heteroatoms. The van der Waals surface area contributed by atoms with E-state index in [1.165, 1.54) is 25.3 Å². The molecule has 5 aliphatic rings. The van der Waals surface area contributed by atoms with Crippen LogP contribution in [0.15, 0.2) is 36.0 Å². The summed E-state index contributed by atoms with van der Waals surface area (Å²) in [4.78, 5) is 11.3. The topological polar surface area (TPSA) is 44.8 Å². The van der Waals surface area contributed by atoms with E-state index in [-0.39, 0.29) is 28.7 Å². The van der Waals surface area contributed by atoms with E-state index in [0.717, 1.165) is 26.1 Å². The van der Waals surface area contributed by atoms with Crippen molar-refractivity contribution in [2.24, 2.45) is 28.6 Å². The Kier molecular flexibility index (Phi) is 3.80. The Balaban J connectivity index is 1.47. The minimum absolute atomic E-state index is 0.0184. The molecule has 1 spiro atoms. The minimum Gasteiger partial charge on any atom is -0.454 e. The predicted octanol–water partition coefficient (Wildman–Crippen LogP) is 4.18. The van der Waals surface area contributed by atoms with E-state index in [9.17, 15) is 4.79 Å². The van der Waals surface area contributed by atoms with Gasteiger partial charge in [0.1, 0.15) is 6.10 Å². The molecule has 4 aliphatic carbocycles. The number of ether oxygens (including phenoxy) is 3. The fourth-order valence-corrected chi connectivity index (χ4v) is 6.91. The van der Waals surface area contributed by atoms with E-state index >= 15 is 0 Å². The molecule has 0 aromatic rings. The smallest absolute Gasteiger partial charge is 0.303 e. The molecule has 1 heterocycles. The summed E-state index contributed by atoms with van der Waals surface area (Å²) in [7, 11) is 0. The third-order valence-corrected chi connectivity index (χ3v) is 8.30. The van der Waals surface area contributed by atoms with Crippen molar-refractivity contribution in [1.82, 2.24) is 0 Å². The van der Waals surface area contributed by atoms with Crippen LogP contribution < -0.4 is 0 Å². The highest BCUT2D eigenvalue weighted by Gasteiger charge is 2.66. The number of rotatable bonds is 1. The zero-order valence-electron chi connectivity index (χ0n) is 16.6. The van der Waals surface area contributed by atoms with Gasteiger partial charge in [-0.25, -0.2) is 0 Å². The second kappa shape index (κ2) is 5.81. The first-order valence-electron chi connectivity index (χ1n) is 10.4. The first kappa shape index (κ1) is 17.7. The molecule has 0 aromatic heterocycles. The third-order valence-electron chi connectivity index (χ3n) is 8.30. The Morgan fingerprint density at radius 3 is 2.59 bits per heavy atom. The van der Waals surface area contributed by atoms with Crippen molar-refractivity contribution < 1.29 is 19.0 Å². The molecule has 0 amide bonds. The summed E-state index contributed by atoms with van der Waals surface area (Å²) >= 11 is 0. The van der Waals surface area contributed by atoms with Crippen LogP contribution >= 0.6 is 0 Å². The standard InChI is InChI=1S/C23H30O4/c1-15(24)27-17-6-9-21(2)16(14-17)4-5-18-19(21)7-10-22(3)20(18)8-11-23(22)25-12-13-26-23/h4-6,9,14,17-20H,7-8,10-13H2,1-3H3/t17?,18?,19?,20?,21-,22-/m0/s1. The van der Waals surface area contributed by atoms with Gasteiger partial charge in [0.05, 0.1) is 13.2 Å². The predicted molar refractivity (Wildman–Crippen MR) is 102 cm³/mol. The van der Waals surface area contributed by atoms with Crippen LogP contribution in [0.5, 0.6) is 0 Å². The fraction of sp³-hybridized carbons (Fsp3) is 0.696. The summed E-state index contributed by atoms with van der Waals surface area (Å²) in [6, 6.07) is 0. The zero-order valence-corrected chi connectivity index (χ0v) is 16.6. The molecular formula is C23H30O4. The second-order valence-corrected chi connectivity index (χ2v) is 9.43. The number of carbonyl (C=O) groups is 1. The van der Waals surface area contributed by atoms with Crippen LogP contribution in [0.1, 0.15) is 46.5 Å². The van der Waals surface area contributed by atoms with Gasteiger partial charge in [-0.2, -0.15) is 0 Å². The van der Waals surface area contributed by atoms with Crippen molar-refractivity contribution in [1.29, 1.82) is 0 Å². The lowest BCUT2D eigenvalue weighted by Crippen LogP contribution is -2.54. The second-order valence-electron chi connectivity index (χ2n) is 9.43. The number of fused-ring (bicyclic) bond motifs is 6. The lowest BCUT2D eigenvalue weighted by atomic mass is 9.50. The molecule has 27 heavy (non-hydrogen) atoms. The van der Waals surface area contributed by atoms with Gasteiger partial charge in [-0.1, -0.05) is 32.1 Å². The van der Waals surface area contributed by atoms with Crippen LogP contribution in [0.2, 0.25) is 0 Å². The molecule has 6 atom stereocenters. The molecule has 4 nitrogen and oxygen atoms in total. The van der Waals surface area contributed by atoms with Crippen LogP contribution in [0.4, 0.5) is 0 Å². The molecule has 0 radical (unpaired) electrons. The van der Waals surface area contributed by atoms with Crippen molar-refractivity contribution in [2.45, 2.75) is 58.3 Å². The third kappa shape index (κ3) is 2.32. The Labute approximate surface area is 161 Å². The normalized spacial score (nSPS) is 46.6. The lowest BCUT2D eigenvalue weighted by molar-refractivity contribution is -0.238. The van der Waals surface area contributed by atoms with Crippen molar-refractivity contribution >= 4 is 5.97 Å². The Hall–Kier alpha value is -1.39.